The molecular weight excluding hydrogens is 429 g/mol. The zero-order valence-corrected chi connectivity index (χ0v) is 18.6. The Morgan fingerprint density at radius 3 is 2.45 bits per heavy atom. The van der Waals surface area contributed by atoms with E-state index in [9.17, 15) is 0 Å². The minimum Gasteiger partial charge on any atom is -1.00 e. The number of nitrogens with zero attached hydrogens (tertiary/aromatic N) is 1. The van der Waals surface area contributed by atoms with E-state index in [1.807, 2.05) is 30.3 Å². The van der Waals surface area contributed by atoms with Crippen molar-refractivity contribution in [1.29, 1.82) is 0 Å². The van der Waals surface area contributed by atoms with Crippen molar-refractivity contribution in [2.45, 2.75) is 19.3 Å². The molecule has 0 atom stereocenters. The number of halogens is 3. The third-order valence-electron chi connectivity index (χ3n) is 5.75. The van der Waals surface area contributed by atoms with Gasteiger partial charge in [-0.1, -0.05) is 17.7 Å². The first-order chi connectivity index (χ1) is 13.7. The fraction of sp³-hybridized carbons (Fsp3) is 0.391. The lowest BCUT2D eigenvalue weighted by atomic mass is 10.1. The lowest BCUT2D eigenvalue weighted by molar-refractivity contribution is -0.927. The number of benzene rings is 2. The van der Waals surface area contributed by atoms with Crippen molar-refractivity contribution in [1.82, 2.24) is 0 Å². The van der Waals surface area contributed by atoms with Crippen molar-refractivity contribution in [2.24, 2.45) is 0 Å². The first-order valence-corrected chi connectivity index (χ1v) is 10.9. The standard InChI is InChI=1S/C23H26Cl2NO2.ClH/c24-10-2-5-13-26(11-3-1-4-12-26)14-15-27-19-7-9-21-20-8-6-18(25)16-22(20)28-23(21)17-19;/h2,5-9,16-17H,1,3-4,10-15H2;1H/q+1;/p-1. The lowest BCUT2D eigenvalue weighted by Crippen LogP contribution is -3.00. The van der Waals surface area contributed by atoms with E-state index in [0.717, 1.165) is 45.3 Å². The largest absolute Gasteiger partial charge is 1.00 e. The van der Waals surface area contributed by atoms with Crippen LogP contribution in [-0.2, 0) is 0 Å². The van der Waals surface area contributed by atoms with Crippen LogP contribution < -0.4 is 17.1 Å². The normalized spacial score (nSPS) is 16.3. The average Bonchev–Trinajstić information content (AvgIpc) is 3.05. The fourth-order valence-electron chi connectivity index (χ4n) is 4.22. The zero-order valence-electron chi connectivity index (χ0n) is 16.4. The van der Waals surface area contributed by atoms with Crippen LogP contribution in [0.25, 0.3) is 21.9 Å². The highest BCUT2D eigenvalue weighted by atomic mass is 35.5. The van der Waals surface area contributed by atoms with Crippen LogP contribution in [0, 0.1) is 0 Å². The molecule has 1 aliphatic rings. The summed E-state index contributed by atoms with van der Waals surface area (Å²) in [5, 5.41) is 2.85. The Morgan fingerprint density at radius 2 is 1.69 bits per heavy atom. The van der Waals surface area contributed by atoms with Crippen molar-refractivity contribution in [3.8, 4) is 5.75 Å². The first kappa shape index (κ1) is 22.3. The number of alkyl halides is 1. The highest BCUT2D eigenvalue weighted by molar-refractivity contribution is 6.31. The van der Waals surface area contributed by atoms with Crippen LogP contribution in [0.5, 0.6) is 5.75 Å². The van der Waals surface area contributed by atoms with E-state index >= 15 is 0 Å². The maximum Gasteiger partial charge on any atom is 0.139 e. The summed E-state index contributed by atoms with van der Waals surface area (Å²) in [5.41, 5.74) is 1.64. The molecule has 0 unspecified atom stereocenters. The number of piperidine rings is 1. The maximum atomic E-state index is 6.12. The van der Waals surface area contributed by atoms with Crippen molar-refractivity contribution < 1.29 is 26.0 Å². The molecular formula is C23H26Cl3NO2. The monoisotopic (exact) mass is 453 g/mol. The number of rotatable bonds is 7. The van der Waals surface area contributed by atoms with Gasteiger partial charge in [0.1, 0.15) is 30.1 Å². The summed E-state index contributed by atoms with van der Waals surface area (Å²) in [4.78, 5) is 0. The van der Waals surface area contributed by atoms with Crippen LogP contribution in [0.2, 0.25) is 5.02 Å². The molecule has 29 heavy (non-hydrogen) atoms. The van der Waals surface area contributed by atoms with E-state index in [-0.39, 0.29) is 12.4 Å². The zero-order chi connectivity index (χ0) is 19.4. The van der Waals surface area contributed by atoms with Gasteiger partial charge in [-0.2, -0.15) is 0 Å². The van der Waals surface area contributed by atoms with Gasteiger partial charge < -0.3 is 26.0 Å². The summed E-state index contributed by atoms with van der Waals surface area (Å²) in [6.45, 7) is 5.20. The van der Waals surface area contributed by atoms with E-state index in [2.05, 4.69) is 18.2 Å². The third-order valence-corrected chi connectivity index (χ3v) is 6.17. The first-order valence-electron chi connectivity index (χ1n) is 10.00. The Labute approximate surface area is 188 Å². The SMILES string of the molecule is ClCC=CC[N+]1(CCOc2ccc3c(c2)oc2cc(Cl)ccc23)CCCCC1.[Cl-]. The van der Waals surface area contributed by atoms with Gasteiger partial charge >= 0.3 is 0 Å². The molecule has 6 heteroatoms. The third kappa shape index (κ3) is 5.21. The maximum absolute atomic E-state index is 6.12. The molecule has 2 heterocycles. The van der Waals surface area contributed by atoms with Gasteiger partial charge in [0.15, 0.2) is 0 Å². The van der Waals surface area contributed by atoms with Gasteiger partial charge in [0, 0.05) is 33.8 Å². The summed E-state index contributed by atoms with van der Waals surface area (Å²) in [7, 11) is 0. The van der Waals surface area contributed by atoms with Gasteiger partial charge in [0.05, 0.1) is 19.6 Å². The fourth-order valence-corrected chi connectivity index (χ4v) is 4.51. The number of likely N-dealkylation sites (tertiary alicyclic amines) is 1. The molecule has 0 N–H and O–H groups in total. The summed E-state index contributed by atoms with van der Waals surface area (Å²) in [6.07, 6.45) is 8.21. The Hall–Kier alpha value is -1.39. The second kappa shape index (κ2) is 10.1. The molecule has 0 aliphatic carbocycles. The number of hydrogen-bond donors (Lipinski definition) is 0. The molecule has 0 spiro atoms. The van der Waals surface area contributed by atoms with Crippen LogP contribution in [0.15, 0.2) is 53.0 Å². The Kier molecular flexibility index (Phi) is 7.75. The Balaban J connectivity index is 0.00000240. The molecule has 4 rings (SSSR count). The van der Waals surface area contributed by atoms with Crippen LogP contribution in [0.1, 0.15) is 19.3 Å². The second-order valence-corrected chi connectivity index (χ2v) is 8.38. The number of hydrogen-bond acceptors (Lipinski definition) is 2. The summed E-state index contributed by atoms with van der Waals surface area (Å²) in [6, 6.07) is 11.8. The average molecular weight is 455 g/mol. The number of quaternary nitrogens is 1. The van der Waals surface area contributed by atoms with E-state index in [1.165, 1.54) is 32.4 Å². The van der Waals surface area contributed by atoms with Crippen molar-refractivity contribution in [3.05, 3.63) is 53.6 Å². The van der Waals surface area contributed by atoms with Crippen molar-refractivity contribution in [2.75, 3.05) is 38.7 Å². The van der Waals surface area contributed by atoms with Crippen LogP contribution in [0.4, 0.5) is 0 Å². The quantitative estimate of drug-likeness (QED) is 0.310. The minimum absolute atomic E-state index is 0. The minimum atomic E-state index is 0. The summed E-state index contributed by atoms with van der Waals surface area (Å²) >= 11 is 11.9. The van der Waals surface area contributed by atoms with E-state index in [0.29, 0.717) is 17.5 Å². The second-order valence-electron chi connectivity index (χ2n) is 7.63. The predicted octanol–water partition coefficient (Wildman–Crippen LogP) is 3.42. The topological polar surface area (TPSA) is 22.4 Å². The predicted molar refractivity (Wildman–Crippen MR) is 118 cm³/mol. The molecule has 1 fully saturated rings. The Bertz CT molecular complexity index is 977. The van der Waals surface area contributed by atoms with Gasteiger partial charge in [-0.3, -0.25) is 0 Å². The molecule has 3 nitrogen and oxygen atoms in total. The van der Waals surface area contributed by atoms with E-state index in [1.54, 1.807) is 0 Å². The van der Waals surface area contributed by atoms with Gasteiger partial charge in [0.25, 0.3) is 0 Å². The molecule has 0 saturated carbocycles. The highest BCUT2D eigenvalue weighted by Crippen LogP contribution is 2.32. The number of furan rings is 1. The smallest absolute Gasteiger partial charge is 0.139 e. The molecule has 0 amide bonds. The molecule has 1 saturated heterocycles. The van der Waals surface area contributed by atoms with Gasteiger partial charge in [0.2, 0.25) is 0 Å². The van der Waals surface area contributed by atoms with Crippen LogP contribution in [0.3, 0.4) is 0 Å². The number of allylic oxidation sites excluding steroid dienone is 1. The molecule has 0 bridgehead atoms. The van der Waals surface area contributed by atoms with Gasteiger partial charge in [-0.15, -0.1) is 11.6 Å². The van der Waals surface area contributed by atoms with E-state index < -0.39 is 0 Å². The molecule has 1 aliphatic heterocycles. The van der Waals surface area contributed by atoms with Crippen LogP contribution >= 0.6 is 23.2 Å². The lowest BCUT2D eigenvalue weighted by Gasteiger charge is -2.40. The molecule has 156 valence electrons. The van der Waals surface area contributed by atoms with Crippen molar-refractivity contribution >= 4 is 45.1 Å². The van der Waals surface area contributed by atoms with Crippen LogP contribution in [-0.4, -0.2) is 43.1 Å². The molecule has 2 aromatic carbocycles. The van der Waals surface area contributed by atoms with Gasteiger partial charge in [-0.25, -0.2) is 0 Å². The van der Waals surface area contributed by atoms with Crippen molar-refractivity contribution in [3.63, 3.8) is 0 Å². The van der Waals surface area contributed by atoms with Gasteiger partial charge in [-0.05, 0) is 49.6 Å². The molecule has 3 aromatic rings. The number of ether oxygens (including phenoxy) is 1. The highest BCUT2D eigenvalue weighted by Gasteiger charge is 2.28. The summed E-state index contributed by atoms with van der Waals surface area (Å²) < 4.78 is 13.2. The molecule has 1 aromatic heterocycles. The number of fused-ring (bicyclic) bond motifs is 3. The Morgan fingerprint density at radius 1 is 0.966 bits per heavy atom. The van der Waals surface area contributed by atoms with E-state index in [4.69, 9.17) is 32.4 Å². The molecule has 0 radical (unpaired) electrons. The summed E-state index contributed by atoms with van der Waals surface area (Å²) in [5.74, 6) is 1.43.